The van der Waals surface area contributed by atoms with Gasteiger partial charge in [-0.25, -0.2) is 9.97 Å². The lowest BCUT2D eigenvalue weighted by molar-refractivity contribution is -0.119. The van der Waals surface area contributed by atoms with Crippen molar-refractivity contribution in [1.29, 1.82) is 0 Å². The van der Waals surface area contributed by atoms with Crippen molar-refractivity contribution in [2.24, 2.45) is 11.7 Å². The summed E-state index contributed by atoms with van der Waals surface area (Å²) in [5, 5.41) is 3.79. The molecule has 1 aromatic heterocycles. The first kappa shape index (κ1) is 19.2. The molecule has 1 aromatic rings. The smallest absolute Gasteiger partial charge is 0.230 e. The predicted octanol–water partition coefficient (Wildman–Crippen LogP) is 2.24. The van der Waals surface area contributed by atoms with Crippen LogP contribution in [0.25, 0.3) is 0 Å². The number of aromatic nitrogens is 2. The zero-order valence-corrected chi connectivity index (χ0v) is 14.8. The average Bonchev–Trinajstić information content (AvgIpc) is 2.45. The topological polar surface area (TPSA) is 80.9 Å². The van der Waals surface area contributed by atoms with Crippen LogP contribution in [0.4, 0.5) is 0 Å². The molecule has 0 radical (unpaired) electrons. The highest BCUT2D eigenvalue weighted by Crippen LogP contribution is 2.23. The lowest BCUT2D eigenvalue weighted by atomic mass is 9.84. The van der Waals surface area contributed by atoms with Crippen LogP contribution in [-0.4, -0.2) is 34.2 Å². The van der Waals surface area contributed by atoms with E-state index in [-0.39, 0.29) is 24.4 Å². The fraction of sp³-hybridized carbons (Fsp3) is 0.667. The molecular weight excluding hydrogens is 320 g/mol. The summed E-state index contributed by atoms with van der Waals surface area (Å²) in [6.07, 6.45) is 4.56. The number of carbonyl (C=O) groups excluding carboxylic acids is 1. The lowest BCUT2D eigenvalue weighted by Crippen LogP contribution is -2.45. The van der Waals surface area contributed by atoms with Gasteiger partial charge < -0.3 is 11.1 Å². The lowest BCUT2D eigenvalue weighted by Gasteiger charge is -2.31. The molecule has 0 aliphatic heterocycles. The Bertz CT molecular complexity index is 480. The number of nitrogens with one attached hydrogen (secondary N) is 1. The van der Waals surface area contributed by atoms with Crippen LogP contribution in [0, 0.1) is 19.8 Å². The summed E-state index contributed by atoms with van der Waals surface area (Å²) in [4.78, 5) is 20.8. The van der Waals surface area contributed by atoms with E-state index < -0.39 is 0 Å². The Labute approximate surface area is 142 Å². The third kappa shape index (κ3) is 5.74. The van der Waals surface area contributed by atoms with Gasteiger partial charge in [0.1, 0.15) is 0 Å². The highest BCUT2D eigenvalue weighted by molar-refractivity contribution is 7.99. The molecule has 0 aromatic carbocycles. The van der Waals surface area contributed by atoms with E-state index in [4.69, 9.17) is 5.73 Å². The number of hydrogen-bond donors (Lipinski definition) is 2. The van der Waals surface area contributed by atoms with Crippen LogP contribution in [0.3, 0.4) is 0 Å². The molecule has 2 unspecified atom stereocenters. The van der Waals surface area contributed by atoms with Crippen molar-refractivity contribution < 1.29 is 4.79 Å². The molecule has 0 bridgehead atoms. The summed E-state index contributed by atoms with van der Waals surface area (Å²) in [6, 6.07) is 2.16. The fourth-order valence-corrected chi connectivity index (χ4v) is 3.58. The number of carbonyl (C=O) groups is 1. The Kier molecular flexibility index (Phi) is 8.14. The Morgan fingerprint density at radius 2 is 1.95 bits per heavy atom. The second-order valence-corrected chi connectivity index (χ2v) is 6.62. The number of halogens is 1. The molecular formula is C15H25ClN4OS. The highest BCUT2D eigenvalue weighted by atomic mass is 35.5. The van der Waals surface area contributed by atoms with Gasteiger partial charge in [-0.2, -0.15) is 0 Å². The first-order valence-electron chi connectivity index (χ1n) is 7.53. The third-order valence-electron chi connectivity index (χ3n) is 3.85. The number of nitrogens with zero attached hydrogens (tertiary/aromatic N) is 2. The average molecular weight is 345 g/mol. The van der Waals surface area contributed by atoms with E-state index in [9.17, 15) is 4.79 Å². The number of hydrogen-bond acceptors (Lipinski definition) is 5. The molecule has 0 spiro atoms. The molecule has 1 heterocycles. The zero-order valence-electron chi connectivity index (χ0n) is 13.2. The largest absolute Gasteiger partial charge is 0.352 e. The molecule has 3 N–H and O–H groups in total. The molecule has 5 nitrogen and oxygen atoms in total. The molecule has 2 atom stereocenters. The van der Waals surface area contributed by atoms with Gasteiger partial charge in [-0.1, -0.05) is 24.6 Å². The minimum absolute atomic E-state index is 0. The number of aryl methyl sites for hydroxylation is 2. The maximum absolute atomic E-state index is 12.1. The second-order valence-electron chi connectivity index (χ2n) is 5.68. The normalized spacial score (nSPS) is 21.0. The van der Waals surface area contributed by atoms with Crippen molar-refractivity contribution in [3.05, 3.63) is 17.5 Å². The molecule has 124 valence electrons. The maximum Gasteiger partial charge on any atom is 0.230 e. The number of rotatable bonds is 5. The molecule has 1 fully saturated rings. The van der Waals surface area contributed by atoms with Gasteiger partial charge in [0.25, 0.3) is 0 Å². The number of thioether (sulfide) groups is 1. The van der Waals surface area contributed by atoms with Crippen molar-refractivity contribution in [1.82, 2.24) is 15.3 Å². The summed E-state index contributed by atoms with van der Waals surface area (Å²) in [5.74, 6) is 0.828. The van der Waals surface area contributed by atoms with Gasteiger partial charge in [0, 0.05) is 17.4 Å². The first-order valence-corrected chi connectivity index (χ1v) is 8.51. The zero-order chi connectivity index (χ0) is 15.2. The molecule has 7 heteroatoms. The van der Waals surface area contributed by atoms with E-state index in [1.54, 1.807) is 0 Å². The van der Waals surface area contributed by atoms with Crippen molar-refractivity contribution in [2.45, 2.75) is 50.7 Å². The van der Waals surface area contributed by atoms with Gasteiger partial charge in [-0.05, 0) is 45.2 Å². The Balaban J connectivity index is 0.00000242. The Hall–Kier alpha value is -0.850. The molecule has 1 aliphatic rings. The second kappa shape index (κ2) is 9.33. The molecule has 0 saturated heterocycles. The first-order chi connectivity index (χ1) is 10.1. The molecule has 1 aliphatic carbocycles. The molecule has 1 amide bonds. The van der Waals surface area contributed by atoms with Crippen molar-refractivity contribution in [3.8, 4) is 0 Å². The summed E-state index contributed by atoms with van der Waals surface area (Å²) in [6.45, 7) is 4.53. The van der Waals surface area contributed by atoms with Gasteiger partial charge in [0.05, 0.1) is 5.75 Å². The van der Waals surface area contributed by atoms with Gasteiger partial charge >= 0.3 is 0 Å². The predicted molar refractivity (Wildman–Crippen MR) is 92.4 cm³/mol. The quantitative estimate of drug-likeness (QED) is 0.632. The Morgan fingerprint density at radius 1 is 1.32 bits per heavy atom. The minimum Gasteiger partial charge on any atom is -0.352 e. The van der Waals surface area contributed by atoms with E-state index in [1.165, 1.54) is 24.6 Å². The fourth-order valence-electron chi connectivity index (χ4n) is 2.82. The van der Waals surface area contributed by atoms with Crippen LogP contribution in [0.1, 0.15) is 37.1 Å². The number of amides is 1. The van der Waals surface area contributed by atoms with Crippen molar-refractivity contribution in [3.63, 3.8) is 0 Å². The van der Waals surface area contributed by atoms with E-state index in [0.29, 0.717) is 23.4 Å². The van der Waals surface area contributed by atoms with Gasteiger partial charge in [-0.15, -0.1) is 12.4 Å². The highest BCUT2D eigenvalue weighted by Gasteiger charge is 2.25. The summed E-state index contributed by atoms with van der Waals surface area (Å²) in [5.41, 5.74) is 7.65. The third-order valence-corrected chi connectivity index (χ3v) is 4.70. The monoisotopic (exact) mass is 344 g/mol. The van der Waals surface area contributed by atoms with E-state index in [1.807, 2.05) is 19.9 Å². The standard InChI is InChI=1S/C15H24N4OS.ClH/c1-10-7-11(2)18-15(17-10)21-9-14(20)19-13-6-4-3-5-12(13)8-16;/h7,12-13H,3-6,8-9,16H2,1-2H3,(H,19,20);1H. The molecule has 2 rings (SSSR count). The number of nitrogens with two attached hydrogens (primary N) is 1. The SMILES string of the molecule is Cc1cc(C)nc(SCC(=O)NC2CCCCC2CN)n1.Cl. The van der Waals surface area contributed by atoms with Gasteiger partial charge in [-0.3, -0.25) is 4.79 Å². The van der Waals surface area contributed by atoms with E-state index >= 15 is 0 Å². The summed E-state index contributed by atoms with van der Waals surface area (Å²) >= 11 is 1.39. The van der Waals surface area contributed by atoms with Crippen LogP contribution >= 0.6 is 24.2 Å². The minimum atomic E-state index is 0. The van der Waals surface area contributed by atoms with Crippen LogP contribution < -0.4 is 11.1 Å². The van der Waals surface area contributed by atoms with Crippen LogP contribution in [-0.2, 0) is 4.79 Å². The summed E-state index contributed by atoms with van der Waals surface area (Å²) in [7, 11) is 0. The van der Waals surface area contributed by atoms with Crippen LogP contribution in [0.2, 0.25) is 0 Å². The molecule has 1 saturated carbocycles. The van der Waals surface area contributed by atoms with Crippen molar-refractivity contribution in [2.75, 3.05) is 12.3 Å². The van der Waals surface area contributed by atoms with Crippen molar-refractivity contribution >= 4 is 30.1 Å². The van der Waals surface area contributed by atoms with E-state index in [2.05, 4.69) is 15.3 Å². The van der Waals surface area contributed by atoms with Crippen LogP contribution in [0.15, 0.2) is 11.2 Å². The van der Waals surface area contributed by atoms with E-state index in [0.717, 1.165) is 24.2 Å². The summed E-state index contributed by atoms with van der Waals surface area (Å²) < 4.78 is 0. The van der Waals surface area contributed by atoms with Crippen LogP contribution in [0.5, 0.6) is 0 Å². The molecule has 22 heavy (non-hydrogen) atoms. The maximum atomic E-state index is 12.1. The Morgan fingerprint density at radius 3 is 2.59 bits per heavy atom. The van der Waals surface area contributed by atoms with Gasteiger partial charge in [0.15, 0.2) is 5.16 Å². The van der Waals surface area contributed by atoms with Gasteiger partial charge in [0.2, 0.25) is 5.91 Å².